The molecule has 0 bridgehead atoms. The van der Waals surface area contributed by atoms with Crippen molar-refractivity contribution in [2.75, 3.05) is 37.6 Å². The summed E-state index contributed by atoms with van der Waals surface area (Å²) in [5, 5.41) is 3.45. The molecule has 1 aliphatic rings. The second-order valence-corrected chi connectivity index (χ2v) is 7.37. The average molecular weight is 496 g/mol. The zero-order chi connectivity index (χ0) is 19.1. The van der Waals surface area contributed by atoms with E-state index in [1.165, 1.54) is 5.69 Å². The Kier molecular flexibility index (Phi) is 9.08. The van der Waals surface area contributed by atoms with E-state index < -0.39 is 0 Å². The molecule has 3 rings (SSSR count). The fourth-order valence-electron chi connectivity index (χ4n) is 3.44. The van der Waals surface area contributed by atoms with Crippen molar-refractivity contribution in [2.45, 2.75) is 33.9 Å². The molecule has 0 amide bonds. The highest BCUT2D eigenvalue weighted by Crippen LogP contribution is 2.15. The van der Waals surface area contributed by atoms with Crippen LogP contribution in [-0.4, -0.2) is 53.1 Å². The van der Waals surface area contributed by atoms with Crippen LogP contribution in [0.2, 0.25) is 0 Å². The Morgan fingerprint density at radius 1 is 1.14 bits per heavy atom. The number of para-hydroxylation sites is 1. The molecule has 2 heterocycles. The predicted octanol–water partition coefficient (Wildman–Crippen LogP) is 3.44. The number of halogens is 1. The van der Waals surface area contributed by atoms with Gasteiger partial charge >= 0.3 is 0 Å². The molecule has 6 nitrogen and oxygen atoms in total. The molecule has 1 aliphatic heterocycles. The van der Waals surface area contributed by atoms with E-state index in [9.17, 15) is 0 Å². The van der Waals surface area contributed by atoms with Crippen molar-refractivity contribution in [1.29, 1.82) is 0 Å². The average Bonchev–Trinajstić information content (AvgIpc) is 3.12. The molecule has 0 atom stereocenters. The summed E-state index contributed by atoms with van der Waals surface area (Å²) in [6.45, 7) is 13.0. The van der Waals surface area contributed by atoms with Gasteiger partial charge in [-0.3, -0.25) is 0 Å². The van der Waals surface area contributed by atoms with Crippen molar-refractivity contribution in [1.82, 2.24) is 19.8 Å². The van der Waals surface area contributed by atoms with Gasteiger partial charge in [-0.25, -0.2) is 9.98 Å². The first-order chi connectivity index (χ1) is 13.2. The second kappa shape index (κ2) is 11.3. The first kappa shape index (κ1) is 22.5. The quantitative estimate of drug-likeness (QED) is 0.378. The van der Waals surface area contributed by atoms with E-state index in [0.29, 0.717) is 12.5 Å². The molecular weight excluding hydrogens is 463 g/mol. The number of anilines is 1. The van der Waals surface area contributed by atoms with Gasteiger partial charge in [-0.2, -0.15) is 0 Å². The van der Waals surface area contributed by atoms with Crippen LogP contribution in [0.5, 0.6) is 0 Å². The van der Waals surface area contributed by atoms with Crippen LogP contribution in [0.4, 0.5) is 5.69 Å². The van der Waals surface area contributed by atoms with Gasteiger partial charge in [0.2, 0.25) is 0 Å². The maximum atomic E-state index is 4.87. The molecule has 2 aromatic rings. The highest BCUT2D eigenvalue weighted by Gasteiger charge is 2.19. The lowest BCUT2D eigenvalue weighted by Crippen LogP contribution is -2.52. The van der Waals surface area contributed by atoms with E-state index in [2.05, 4.69) is 82.0 Å². The van der Waals surface area contributed by atoms with Crippen LogP contribution < -0.4 is 10.2 Å². The summed E-state index contributed by atoms with van der Waals surface area (Å²) < 4.78 is 2.21. The van der Waals surface area contributed by atoms with Crippen molar-refractivity contribution in [2.24, 2.45) is 10.9 Å². The number of guanidine groups is 1. The zero-order valence-electron chi connectivity index (χ0n) is 17.2. The van der Waals surface area contributed by atoms with Crippen molar-refractivity contribution < 1.29 is 0 Å². The van der Waals surface area contributed by atoms with Crippen LogP contribution in [0, 0.1) is 5.92 Å². The molecule has 1 aromatic heterocycles. The van der Waals surface area contributed by atoms with Gasteiger partial charge in [0.15, 0.2) is 5.96 Å². The first-order valence-electron chi connectivity index (χ1n) is 10.0. The Morgan fingerprint density at radius 3 is 2.50 bits per heavy atom. The molecule has 1 saturated heterocycles. The van der Waals surface area contributed by atoms with Gasteiger partial charge < -0.3 is 19.7 Å². The Bertz CT molecular complexity index is 720. The number of benzene rings is 1. The van der Waals surface area contributed by atoms with Crippen LogP contribution in [0.15, 0.2) is 47.7 Å². The highest BCUT2D eigenvalue weighted by atomic mass is 127. The van der Waals surface area contributed by atoms with Gasteiger partial charge in [0.25, 0.3) is 0 Å². The molecule has 1 fully saturated rings. The number of aliphatic imine (C=N–C) groups is 1. The molecule has 0 saturated carbocycles. The molecule has 0 unspecified atom stereocenters. The summed E-state index contributed by atoms with van der Waals surface area (Å²) in [4.78, 5) is 14.2. The van der Waals surface area contributed by atoms with E-state index in [1.54, 1.807) is 0 Å². The Morgan fingerprint density at radius 2 is 1.86 bits per heavy atom. The van der Waals surface area contributed by atoms with Gasteiger partial charge in [-0.1, -0.05) is 32.0 Å². The maximum absolute atomic E-state index is 4.87. The monoisotopic (exact) mass is 496 g/mol. The number of imidazole rings is 1. The molecule has 0 radical (unpaired) electrons. The van der Waals surface area contributed by atoms with Gasteiger partial charge in [0, 0.05) is 57.3 Å². The molecule has 154 valence electrons. The number of hydrogen-bond acceptors (Lipinski definition) is 3. The maximum Gasteiger partial charge on any atom is 0.194 e. The van der Waals surface area contributed by atoms with Gasteiger partial charge in [-0.15, -0.1) is 24.0 Å². The van der Waals surface area contributed by atoms with Gasteiger partial charge in [0.1, 0.15) is 12.4 Å². The van der Waals surface area contributed by atoms with Crippen LogP contribution in [0.25, 0.3) is 0 Å². The molecule has 0 aliphatic carbocycles. The fourth-order valence-corrected chi connectivity index (χ4v) is 3.44. The third kappa shape index (κ3) is 6.12. The molecule has 0 spiro atoms. The molecular formula is C21H33IN6. The van der Waals surface area contributed by atoms with E-state index in [0.717, 1.165) is 51.1 Å². The van der Waals surface area contributed by atoms with Crippen LogP contribution in [0.1, 0.15) is 26.6 Å². The molecule has 1 aromatic carbocycles. The topological polar surface area (TPSA) is 48.7 Å². The minimum atomic E-state index is 0. The van der Waals surface area contributed by atoms with Gasteiger partial charge in [0.05, 0.1) is 0 Å². The number of hydrogen-bond donors (Lipinski definition) is 1. The Labute approximate surface area is 186 Å². The van der Waals surface area contributed by atoms with E-state index in [-0.39, 0.29) is 24.0 Å². The standard InChI is InChI=1S/C21H32N6.HI/c1-4-22-21(24-16-20-23-10-11-27(20)17-18(2)3)26-14-12-25(13-15-26)19-8-6-5-7-9-19;/h5-11,18H,4,12-17H2,1-3H3,(H,22,24);1H. The lowest BCUT2D eigenvalue weighted by molar-refractivity contribution is 0.372. The second-order valence-electron chi connectivity index (χ2n) is 7.37. The summed E-state index contributed by atoms with van der Waals surface area (Å²) in [7, 11) is 0. The third-order valence-electron chi connectivity index (χ3n) is 4.77. The summed E-state index contributed by atoms with van der Waals surface area (Å²) in [6.07, 6.45) is 3.93. The Balaban J connectivity index is 0.00000280. The Hall–Kier alpha value is -1.77. The van der Waals surface area contributed by atoms with Crippen molar-refractivity contribution in [3.63, 3.8) is 0 Å². The first-order valence-corrected chi connectivity index (χ1v) is 10.0. The molecule has 7 heteroatoms. The predicted molar refractivity (Wildman–Crippen MR) is 128 cm³/mol. The summed E-state index contributed by atoms with van der Waals surface area (Å²) >= 11 is 0. The van der Waals surface area contributed by atoms with E-state index in [4.69, 9.17) is 4.99 Å². The normalized spacial score (nSPS) is 14.9. The fraction of sp³-hybridized carbons (Fsp3) is 0.524. The van der Waals surface area contributed by atoms with E-state index >= 15 is 0 Å². The zero-order valence-corrected chi connectivity index (χ0v) is 19.5. The van der Waals surface area contributed by atoms with Crippen molar-refractivity contribution in [3.05, 3.63) is 48.5 Å². The van der Waals surface area contributed by atoms with Crippen LogP contribution in [0.3, 0.4) is 0 Å². The number of rotatable bonds is 6. The molecule has 1 N–H and O–H groups in total. The minimum Gasteiger partial charge on any atom is -0.368 e. The third-order valence-corrected chi connectivity index (χ3v) is 4.77. The number of piperazine rings is 1. The summed E-state index contributed by atoms with van der Waals surface area (Å²) in [6, 6.07) is 10.6. The lowest BCUT2D eigenvalue weighted by atomic mass is 10.2. The lowest BCUT2D eigenvalue weighted by Gasteiger charge is -2.37. The van der Waals surface area contributed by atoms with E-state index in [1.807, 2.05) is 6.20 Å². The largest absolute Gasteiger partial charge is 0.368 e. The smallest absolute Gasteiger partial charge is 0.194 e. The van der Waals surface area contributed by atoms with Crippen LogP contribution in [-0.2, 0) is 13.1 Å². The number of nitrogens with zero attached hydrogens (tertiary/aromatic N) is 5. The summed E-state index contributed by atoms with van der Waals surface area (Å²) in [5.74, 6) is 2.62. The SMILES string of the molecule is CCNC(=NCc1nccn1CC(C)C)N1CCN(c2ccccc2)CC1.I. The molecule has 28 heavy (non-hydrogen) atoms. The van der Waals surface area contributed by atoms with Gasteiger partial charge in [-0.05, 0) is 25.0 Å². The highest BCUT2D eigenvalue weighted by molar-refractivity contribution is 14.0. The summed E-state index contributed by atoms with van der Waals surface area (Å²) in [5.41, 5.74) is 1.30. The minimum absolute atomic E-state index is 0. The number of nitrogens with one attached hydrogen (secondary N) is 1. The van der Waals surface area contributed by atoms with Crippen LogP contribution >= 0.6 is 24.0 Å². The van der Waals surface area contributed by atoms with Crippen molar-refractivity contribution >= 4 is 35.6 Å². The number of aromatic nitrogens is 2. The van der Waals surface area contributed by atoms with Crippen molar-refractivity contribution in [3.8, 4) is 0 Å².